The van der Waals surface area contributed by atoms with Gasteiger partial charge in [-0.15, -0.1) is 0 Å². The second kappa shape index (κ2) is 15.0. The fourth-order valence-electron chi connectivity index (χ4n) is 2.51. The van der Waals surface area contributed by atoms with Crippen LogP contribution >= 0.6 is 0 Å². The Kier molecular flexibility index (Phi) is 13.6. The van der Waals surface area contributed by atoms with Crippen LogP contribution in [0.1, 0.15) is 67.0 Å². The van der Waals surface area contributed by atoms with E-state index in [1.165, 1.54) is 18.9 Å². The van der Waals surface area contributed by atoms with Gasteiger partial charge in [-0.05, 0) is 56.2 Å². The lowest BCUT2D eigenvalue weighted by molar-refractivity contribution is -0.113. The van der Waals surface area contributed by atoms with Crippen molar-refractivity contribution in [2.75, 3.05) is 7.05 Å². The largest absolute Gasteiger partial charge is 0.351 e. The van der Waals surface area contributed by atoms with Crippen molar-refractivity contribution in [1.29, 1.82) is 0 Å². The highest BCUT2D eigenvalue weighted by molar-refractivity contribution is 5.95. The van der Waals surface area contributed by atoms with Crippen molar-refractivity contribution < 1.29 is 4.79 Å². The molecule has 30 heavy (non-hydrogen) atoms. The Morgan fingerprint density at radius 1 is 1.23 bits per heavy atom. The van der Waals surface area contributed by atoms with Crippen LogP contribution in [-0.2, 0) is 4.79 Å². The van der Waals surface area contributed by atoms with E-state index in [-0.39, 0.29) is 5.78 Å². The molecule has 0 unspecified atom stereocenters. The Morgan fingerprint density at radius 2 is 1.87 bits per heavy atom. The predicted octanol–water partition coefficient (Wildman–Crippen LogP) is 7.29. The SMILES string of the molecule is C=C(/C=C\C(=C/C)N(C)/C=C(\CC)c1cc2cccnc2[nH]1)C(C)=O.CC.CCC. The molecule has 2 aromatic heterocycles. The molecule has 2 aromatic rings. The summed E-state index contributed by atoms with van der Waals surface area (Å²) in [5.74, 6) is -0.0234. The van der Waals surface area contributed by atoms with Crippen LogP contribution in [-0.4, -0.2) is 27.7 Å². The summed E-state index contributed by atoms with van der Waals surface area (Å²) in [7, 11) is 1.99. The fraction of sp³-hybridized carbons (Fsp3) is 0.385. The van der Waals surface area contributed by atoms with Crippen molar-refractivity contribution >= 4 is 22.4 Å². The quantitative estimate of drug-likeness (QED) is 0.386. The molecule has 0 saturated heterocycles. The number of H-pyrrole nitrogens is 1. The summed E-state index contributed by atoms with van der Waals surface area (Å²) < 4.78 is 0. The average molecular weight is 410 g/mol. The number of aromatic nitrogens is 2. The number of nitrogens with zero attached hydrogens (tertiary/aromatic N) is 2. The maximum Gasteiger partial charge on any atom is 0.159 e. The van der Waals surface area contributed by atoms with E-state index in [1.807, 2.05) is 57.0 Å². The third-order valence-corrected chi connectivity index (χ3v) is 4.08. The van der Waals surface area contributed by atoms with Gasteiger partial charge in [-0.3, -0.25) is 4.79 Å². The first-order valence-electron chi connectivity index (χ1n) is 10.8. The summed E-state index contributed by atoms with van der Waals surface area (Å²) in [5.41, 5.74) is 4.62. The Labute approximate surface area is 183 Å². The highest BCUT2D eigenvalue weighted by Crippen LogP contribution is 2.23. The molecular formula is C26H39N3O. The van der Waals surface area contributed by atoms with E-state index in [2.05, 4.69) is 49.6 Å². The number of fused-ring (bicyclic) bond motifs is 1. The third-order valence-electron chi connectivity index (χ3n) is 4.08. The highest BCUT2D eigenvalue weighted by atomic mass is 16.1. The van der Waals surface area contributed by atoms with E-state index < -0.39 is 0 Å². The molecular weight excluding hydrogens is 370 g/mol. The Balaban J connectivity index is 0.00000154. The van der Waals surface area contributed by atoms with Gasteiger partial charge in [0.2, 0.25) is 0 Å². The normalized spacial score (nSPS) is 11.5. The highest BCUT2D eigenvalue weighted by Gasteiger charge is 2.07. The van der Waals surface area contributed by atoms with E-state index in [0.29, 0.717) is 5.57 Å². The number of carbonyl (C=O) groups is 1. The summed E-state index contributed by atoms with van der Waals surface area (Å²) >= 11 is 0. The van der Waals surface area contributed by atoms with E-state index in [9.17, 15) is 4.79 Å². The second-order valence-electron chi connectivity index (χ2n) is 6.58. The van der Waals surface area contributed by atoms with Crippen molar-refractivity contribution in [3.63, 3.8) is 0 Å². The van der Waals surface area contributed by atoms with Crippen LogP contribution in [0, 0.1) is 0 Å². The van der Waals surface area contributed by atoms with Crippen molar-refractivity contribution in [2.45, 2.75) is 61.3 Å². The minimum atomic E-state index is -0.0234. The third kappa shape index (κ3) is 8.64. The van der Waals surface area contributed by atoms with Gasteiger partial charge in [-0.1, -0.05) is 53.7 Å². The topological polar surface area (TPSA) is 49.0 Å². The molecule has 4 nitrogen and oxygen atoms in total. The molecule has 0 spiro atoms. The van der Waals surface area contributed by atoms with E-state index in [4.69, 9.17) is 0 Å². The summed E-state index contributed by atoms with van der Waals surface area (Å²) in [6.07, 6.45) is 11.7. The number of rotatable bonds is 7. The van der Waals surface area contributed by atoms with Gasteiger partial charge in [0.25, 0.3) is 0 Å². The summed E-state index contributed by atoms with van der Waals surface area (Å²) in [6.45, 7) is 17.6. The minimum Gasteiger partial charge on any atom is -0.351 e. The number of nitrogens with one attached hydrogen (secondary N) is 1. The van der Waals surface area contributed by atoms with Gasteiger partial charge < -0.3 is 9.88 Å². The predicted molar refractivity (Wildman–Crippen MR) is 132 cm³/mol. The average Bonchev–Trinajstić information content (AvgIpc) is 3.18. The molecule has 4 heteroatoms. The Hall–Kier alpha value is -2.88. The lowest BCUT2D eigenvalue weighted by Crippen LogP contribution is -2.09. The zero-order valence-electron chi connectivity index (χ0n) is 20.0. The number of pyridine rings is 1. The molecule has 0 fully saturated rings. The van der Waals surface area contributed by atoms with Crippen molar-refractivity contribution in [1.82, 2.24) is 14.9 Å². The van der Waals surface area contributed by atoms with Crippen LogP contribution < -0.4 is 0 Å². The Morgan fingerprint density at radius 3 is 2.37 bits per heavy atom. The molecule has 0 bridgehead atoms. The Bertz CT molecular complexity index is 852. The number of ketones is 1. The zero-order valence-corrected chi connectivity index (χ0v) is 20.0. The minimum absolute atomic E-state index is 0.0234. The van der Waals surface area contributed by atoms with Crippen LogP contribution in [0.4, 0.5) is 0 Å². The number of hydrogen-bond acceptors (Lipinski definition) is 3. The van der Waals surface area contributed by atoms with Gasteiger partial charge in [0.05, 0.1) is 0 Å². The second-order valence-corrected chi connectivity index (χ2v) is 6.58. The molecule has 0 amide bonds. The first kappa shape index (κ1) is 27.1. The van der Waals surface area contributed by atoms with E-state index in [0.717, 1.165) is 28.8 Å². The zero-order chi connectivity index (χ0) is 23.1. The van der Waals surface area contributed by atoms with Crippen molar-refractivity contribution in [3.05, 3.63) is 72.4 Å². The summed E-state index contributed by atoms with van der Waals surface area (Å²) in [6, 6.07) is 6.10. The number of hydrogen-bond donors (Lipinski definition) is 1. The van der Waals surface area contributed by atoms with Crippen LogP contribution in [0.15, 0.2) is 66.7 Å². The smallest absolute Gasteiger partial charge is 0.159 e. The van der Waals surface area contributed by atoms with Crippen LogP contribution in [0.3, 0.4) is 0 Å². The number of carbonyl (C=O) groups excluding carboxylic acids is 1. The first-order valence-corrected chi connectivity index (χ1v) is 10.8. The first-order chi connectivity index (χ1) is 14.4. The molecule has 164 valence electrons. The lowest BCUT2D eigenvalue weighted by atomic mass is 10.1. The molecule has 2 heterocycles. The van der Waals surface area contributed by atoms with Crippen LogP contribution in [0.25, 0.3) is 16.6 Å². The van der Waals surface area contributed by atoms with E-state index >= 15 is 0 Å². The number of likely N-dealkylation sites (N-methyl/N-ethyl adjacent to an activating group) is 1. The number of aromatic amines is 1. The van der Waals surface area contributed by atoms with Gasteiger partial charge in [-0.25, -0.2) is 4.98 Å². The summed E-state index contributed by atoms with van der Waals surface area (Å²) in [5, 5.41) is 1.10. The van der Waals surface area contributed by atoms with Gasteiger partial charge in [0.15, 0.2) is 5.78 Å². The van der Waals surface area contributed by atoms with Crippen LogP contribution in [0.5, 0.6) is 0 Å². The monoisotopic (exact) mass is 409 g/mol. The maximum absolute atomic E-state index is 11.3. The molecule has 0 radical (unpaired) electrons. The number of Topliss-reactive ketones (excluding diaryl/α,β-unsaturated/α-hetero) is 1. The van der Waals surface area contributed by atoms with Gasteiger partial charge in [0.1, 0.15) is 5.65 Å². The molecule has 0 aliphatic heterocycles. The standard InChI is InChI=1S/C21H25N3O.C3H8.C2H6/c1-6-17(20-13-18-9-8-12-22-21(18)23-20)14-24(5)19(7-2)11-10-15(3)16(4)25;1-3-2;1-2/h7-14H,3,6H2,1-2,4-5H3,(H,22,23);3H2,1-2H3;1-2H3/b11-10-,17-14+,19-7+;;. The van der Waals surface area contributed by atoms with Gasteiger partial charge >= 0.3 is 0 Å². The number of allylic oxidation sites excluding steroid dienone is 5. The molecule has 0 aliphatic carbocycles. The van der Waals surface area contributed by atoms with Crippen LogP contribution in [0.2, 0.25) is 0 Å². The molecule has 0 aliphatic rings. The molecule has 0 saturated carbocycles. The molecule has 0 atom stereocenters. The summed E-state index contributed by atoms with van der Waals surface area (Å²) in [4.78, 5) is 21.1. The van der Waals surface area contributed by atoms with Gasteiger partial charge in [0, 0.05) is 41.8 Å². The molecule has 1 N–H and O–H groups in total. The molecule has 2 rings (SSSR count). The van der Waals surface area contributed by atoms with Crippen molar-refractivity contribution in [3.8, 4) is 0 Å². The molecule has 0 aromatic carbocycles. The lowest BCUT2D eigenvalue weighted by Gasteiger charge is -2.17. The maximum atomic E-state index is 11.3. The fourth-order valence-corrected chi connectivity index (χ4v) is 2.51. The van der Waals surface area contributed by atoms with Gasteiger partial charge in [-0.2, -0.15) is 0 Å². The van der Waals surface area contributed by atoms with E-state index in [1.54, 1.807) is 12.3 Å². The van der Waals surface area contributed by atoms with Crippen molar-refractivity contribution in [2.24, 2.45) is 0 Å².